The molecule has 11 heteroatoms. The molecule has 0 bridgehead atoms. The predicted octanol–water partition coefficient (Wildman–Crippen LogP) is 0.616. The van der Waals surface area contributed by atoms with E-state index in [0.29, 0.717) is 18.8 Å². The van der Waals surface area contributed by atoms with Gasteiger partial charge in [-0.2, -0.15) is 4.80 Å². The van der Waals surface area contributed by atoms with Crippen molar-refractivity contribution in [3.05, 3.63) is 29.8 Å². The number of nitrogens with zero attached hydrogens (tertiary/aromatic N) is 5. The molecule has 0 N–H and O–H groups in total. The van der Waals surface area contributed by atoms with Crippen molar-refractivity contribution < 1.29 is 22.7 Å². The van der Waals surface area contributed by atoms with E-state index < -0.39 is 27.8 Å². The molecule has 1 saturated heterocycles. The highest BCUT2D eigenvalue weighted by Crippen LogP contribution is 2.19. The second kappa shape index (κ2) is 8.90. The number of carbonyl (C=O) groups is 2. The van der Waals surface area contributed by atoms with Gasteiger partial charge in [-0.3, -0.25) is 4.79 Å². The van der Waals surface area contributed by atoms with Gasteiger partial charge < -0.3 is 9.64 Å². The standard InChI is InChI=1S/C19H25N5O5S/c1-4-23(16-9-10-30(27,28)12-16)19(26)14(3)29-17(25)11-24-21-18(20-22-24)15-7-5-13(2)6-8-15/h5-8,14,16H,4,9-12H2,1-3H3. The van der Waals surface area contributed by atoms with Crippen molar-refractivity contribution in [1.29, 1.82) is 0 Å². The molecule has 2 atom stereocenters. The molecule has 0 radical (unpaired) electrons. The minimum absolute atomic E-state index is 0.0576. The van der Waals surface area contributed by atoms with Gasteiger partial charge in [0.05, 0.1) is 11.5 Å². The number of ether oxygens (including phenoxy) is 1. The van der Waals surface area contributed by atoms with Gasteiger partial charge in [-0.05, 0) is 32.4 Å². The summed E-state index contributed by atoms with van der Waals surface area (Å²) in [6.07, 6.45) is -0.645. The van der Waals surface area contributed by atoms with Crippen LogP contribution in [0.2, 0.25) is 0 Å². The van der Waals surface area contributed by atoms with Crippen molar-refractivity contribution in [1.82, 2.24) is 25.1 Å². The van der Waals surface area contributed by atoms with E-state index in [1.807, 2.05) is 31.2 Å². The summed E-state index contributed by atoms with van der Waals surface area (Å²) >= 11 is 0. The number of hydrogen-bond donors (Lipinski definition) is 0. The maximum Gasteiger partial charge on any atom is 0.330 e. The summed E-state index contributed by atoms with van der Waals surface area (Å²) in [5, 5.41) is 11.9. The summed E-state index contributed by atoms with van der Waals surface area (Å²) in [5.41, 5.74) is 1.87. The number of aryl methyl sites for hydroxylation is 1. The van der Waals surface area contributed by atoms with Gasteiger partial charge in [0, 0.05) is 18.2 Å². The van der Waals surface area contributed by atoms with Crippen LogP contribution in [0.3, 0.4) is 0 Å². The lowest BCUT2D eigenvalue weighted by Gasteiger charge is -2.29. The number of likely N-dealkylation sites (N-methyl/N-ethyl adjacent to an activating group) is 1. The summed E-state index contributed by atoms with van der Waals surface area (Å²) in [6.45, 7) is 5.26. The maximum absolute atomic E-state index is 12.7. The molecule has 0 saturated carbocycles. The first-order valence-electron chi connectivity index (χ1n) is 9.73. The highest BCUT2D eigenvalue weighted by molar-refractivity contribution is 7.91. The normalized spacial score (nSPS) is 18.7. The molecule has 2 unspecified atom stereocenters. The van der Waals surface area contributed by atoms with Crippen molar-refractivity contribution in [2.24, 2.45) is 0 Å². The summed E-state index contributed by atoms with van der Waals surface area (Å²) in [6, 6.07) is 7.18. The van der Waals surface area contributed by atoms with Crippen LogP contribution in [-0.4, -0.2) is 75.6 Å². The molecule has 1 fully saturated rings. The van der Waals surface area contributed by atoms with Gasteiger partial charge in [-0.25, -0.2) is 13.2 Å². The third-order valence-corrected chi connectivity index (χ3v) is 6.71. The molecule has 2 aromatic rings. The van der Waals surface area contributed by atoms with E-state index >= 15 is 0 Å². The quantitative estimate of drug-likeness (QED) is 0.580. The number of carbonyl (C=O) groups excluding carboxylic acids is 2. The number of aromatic nitrogens is 4. The maximum atomic E-state index is 12.7. The van der Waals surface area contributed by atoms with Crippen LogP contribution in [-0.2, 0) is 30.7 Å². The molecule has 3 rings (SSSR count). The Balaban J connectivity index is 1.57. The third kappa shape index (κ3) is 5.21. The van der Waals surface area contributed by atoms with Gasteiger partial charge in [0.2, 0.25) is 5.82 Å². The van der Waals surface area contributed by atoms with Crippen molar-refractivity contribution in [3.8, 4) is 11.4 Å². The van der Waals surface area contributed by atoms with Crippen molar-refractivity contribution in [2.75, 3.05) is 18.1 Å². The number of amides is 1. The van der Waals surface area contributed by atoms with Gasteiger partial charge >= 0.3 is 5.97 Å². The lowest BCUT2D eigenvalue weighted by atomic mass is 10.1. The molecule has 1 aliphatic rings. The van der Waals surface area contributed by atoms with Crippen LogP contribution in [0.25, 0.3) is 11.4 Å². The van der Waals surface area contributed by atoms with Crippen molar-refractivity contribution in [2.45, 2.75) is 45.9 Å². The van der Waals surface area contributed by atoms with Gasteiger partial charge in [0.15, 0.2) is 22.5 Å². The first-order chi connectivity index (χ1) is 14.2. The van der Waals surface area contributed by atoms with Crippen LogP contribution in [0.15, 0.2) is 24.3 Å². The molecular formula is C19H25N5O5S. The Morgan fingerprint density at radius 1 is 1.30 bits per heavy atom. The Labute approximate surface area is 175 Å². The largest absolute Gasteiger partial charge is 0.451 e. The summed E-state index contributed by atoms with van der Waals surface area (Å²) in [4.78, 5) is 27.5. The van der Waals surface area contributed by atoms with Crippen LogP contribution < -0.4 is 0 Å². The molecule has 30 heavy (non-hydrogen) atoms. The highest BCUT2D eigenvalue weighted by Gasteiger charge is 2.36. The minimum atomic E-state index is -3.13. The van der Waals surface area contributed by atoms with Crippen LogP contribution in [0, 0.1) is 6.92 Å². The van der Waals surface area contributed by atoms with E-state index in [2.05, 4.69) is 15.4 Å². The molecule has 1 amide bonds. The fraction of sp³-hybridized carbons (Fsp3) is 0.526. The van der Waals surface area contributed by atoms with Crippen molar-refractivity contribution >= 4 is 21.7 Å². The van der Waals surface area contributed by atoms with Gasteiger partial charge in [-0.15, -0.1) is 10.2 Å². The molecule has 2 heterocycles. The number of tetrazole rings is 1. The van der Waals surface area contributed by atoms with E-state index in [9.17, 15) is 18.0 Å². The zero-order valence-corrected chi connectivity index (χ0v) is 18.0. The van der Waals surface area contributed by atoms with Gasteiger partial charge in [-0.1, -0.05) is 29.8 Å². The fourth-order valence-corrected chi connectivity index (χ4v) is 5.11. The Morgan fingerprint density at radius 3 is 2.60 bits per heavy atom. The van der Waals surface area contributed by atoms with Gasteiger partial charge in [0.25, 0.3) is 5.91 Å². The second-order valence-electron chi connectivity index (χ2n) is 7.32. The molecular weight excluding hydrogens is 410 g/mol. The van der Waals surface area contributed by atoms with E-state index in [0.717, 1.165) is 15.9 Å². The smallest absolute Gasteiger partial charge is 0.330 e. The number of esters is 1. The monoisotopic (exact) mass is 435 g/mol. The second-order valence-corrected chi connectivity index (χ2v) is 9.55. The highest BCUT2D eigenvalue weighted by atomic mass is 32.2. The Bertz CT molecular complexity index is 1020. The van der Waals surface area contributed by atoms with E-state index in [-0.39, 0.29) is 24.1 Å². The average Bonchev–Trinajstić information content (AvgIpc) is 3.29. The first-order valence-corrected chi connectivity index (χ1v) is 11.6. The molecule has 1 aromatic carbocycles. The topological polar surface area (TPSA) is 124 Å². The predicted molar refractivity (Wildman–Crippen MR) is 108 cm³/mol. The average molecular weight is 436 g/mol. The van der Waals surface area contributed by atoms with Crippen LogP contribution in [0.1, 0.15) is 25.8 Å². The Hall–Kier alpha value is -2.82. The van der Waals surface area contributed by atoms with Gasteiger partial charge in [0.1, 0.15) is 0 Å². The SMILES string of the molecule is CCN(C(=O)C(C)OC(=O)Cn1nnc(-c2ccc(C)cc2)n1)C1CCS(=O)(=O)C1. The zero-order valence-electron chi connectivity index (χ0n) is 17.2. The molecule has 1 aromatic heterocycles. The molecule has 0 spiro atoms. The minimum Gasteiger partial charge on any atom is -0.451 e. The number of hydrogen-bond acceptors (Lipinski definition) is 8. The molecule has 1 aliphatic heterocycles. The Kier molecular flexibility index (Phi) is 6.49. The number of benzene rings is 1. The van der Waals surface area contributed by atoms with Crippen LogP contribution in [0.4, 0.5) is 0 Å². The molecule has 0 aliphatic carbocycles. The van der Waals surface area contributed by atoms with E-state index in [4.69, 9.17) is 4.74 Å². The summed E-state index contributed by atoms with van der Waals surface area (Å²) in [7, 11) is -3.13. The summed E-state index contributed by atoms with van der Waals surface area (Å²) in [5.74, 6) is -0.709. The fourth-order valence-electron chi connectivity index (χ4n) is 3.38. The third-order valence-electron chi connectivity index (χ3n) is 4.96. The number of rotatable bonds is 7. The van der Waals surface area contributed by atoms with E-state index in [1.54, 1.807) is 6.92 Å². The lowest BCUT2D eigenvalue weighted by Crippen LogP contribution is -2.46. The molecule has 10 nitrogen and oxygen atoms in total. The number of sulfone groups is 1. The zero-order chi connectivity index (χ0) is 21.9. The Morgan fingerprint density at radius 2 is 2.00 bits per heavy atom. The molecule has 162 valence electrons. The van der Waals surface area contributed by atoms with E-state index in [1.165, 1.54) is 11.8 Å². The van der Waals surface area contributed by atoms with Crippen molar-refractivity contribution in [3.63, 3.8) is 0 Å². The van der Waals surface area contributed by atoms with Crippen LogP contribution >= 0.6 is 0 Å². The summed E-state index contributed by atoms with van der Waals surface area (Å²) < 4.78 is 28.7. The first kappa shape index (κ1) is 21.9. The lowest BCUT2D eigenvalue weighted by molar-refractivity contribution is -0.160. The van der Waals surface area contributed by atoms with Crippen LogP contribution in [0.5, 0.6) is 0 Å².